The van der Waals surface area contributed by atoms with Crippen molar-refractivity contribution in [3.63, 3.8) is 0 Å². The molecule has 6 nitrogen and oxygen atoms in total. The van der Waals surface area contributed by atoms with E-state index in [1.807, 2.05) is 85.2 Å². The number of nitrogens with zero attached hydrogens (tertiary/aromatic N) is 4. The highest BCUT2D eigenvalue weighted by molar-refractivity contribution is 6.22. The molecule has 0 radical (unpaired) electrons. The van der Waals surface area contributed by atoms with Gasteiger partial charge in [-0.3, -0.25) is 14.5 Å². The van der Waals surface area contributed by atoms with Crippen molar-refractivity contribution in [2.45, 2.75) is 0 Å². The standard InChI is InChI=1S/C47H28N4O2/c1-2-10-30(11-3-1)47-50-40-14-4-5-15-41(40)51(47)33-20-16-29(17-21-33)44-45-36(34-26-31(18-22-42(34)52-45)38-12-6-8-24-48-38)28-37-35-27-32(39-13-7-9-25-49-39)19-23-43(35)53-46(37)44/h1-28H. The maximum atomic E-state index is 6.76. The van der Waals surface area contributed by atoms with E-state index in [0.717, 1.165) is 106 Å². The number of fused-ring (bicyclic) bond motifs is 7. The van der Waals surface area contributed by atoms with Crippen LogP contribution >= 0.6 is 0 Å². The number of hydrogen-bond acceptors (Lipinski definition) is 5. The van der Waals surface area contributed by atoms with Crippen molar-refractivity contribution in [1.82, 2.24) is 19.5 Å². The Balaban J connectivity index is 1.16. The number of benzene rings is 6. The van der Waals surface area contributed by atoms with Gasteiger partial charge in [-0.25, -0.2) is 4.98 Å². The summed E-state index contributed by atoms with van der Waals surface area (Å²) >= 11 is 0. The Labute approximate surface area is 303 Å². The summed E-state index contributed by atoms with van der Waals surface area (Å²) in [6.07, 6.45) is 3.65. The van der Waals surface area contributed by atoms with Crippen molar-refractivity contribution in [3.05, 3.63) is 170 Å². The Morgan fingerprint density at radius 1 is 0.434 bits per heavy atom. The normalized spacial score (nSPS) is 11.8. The topological polar surface area (TPSA) is 69.9 Å². The summed E-state index contributed by atoms with van der Waals surface area (Å²) in [6.45, 7) is 0. The smallest absolute Gasteiger partial charge is 0.147 e. The van der Waals surface area contributed by atoms with Crippen LogP contribution in [0.5, 0.6) is 0 Å². The molecule has 248 valence electrons. The molecular formula is C47H28N4O2. The van der Waals surface area contributed by atoms with E-state index in [4.69, 9.17) is 13.8 Å². The average molecular weight is 681 g/mol. The van der Waals surface area contributed by atoms with Gasteiger partial charge in [0.2, 0.25) is 0 Å². The van der Waals surface area contributed by atoms with Crippen LogP contribution in [0.1, 0.15) is 0 Å². The van der Waals surface area contributed by atoms with Gasteiger partial charge in [0.25, 0.3) is 0 Å². The zero-order chi connectivity index (χ0) is 34.9. The molecule has 5 aromatic heterocycles. The van der Waals surface area contributed by atoms with Gasteiger partial charge in [0, 0.05) is 56.3 Å². The molecule has 0 bridgehead atoms. The van der Waals surface area contributed by atoms with Gasteiger partial charge < -0.3 is 8.83 Å². The van der Waals surface area contributed by atoms with Gasteiger partial charge in [0.15, 0.2) is 0 Å². The van der Waals surface area contributed by atoms with E-state index in [1.165, 1.54) is 0 Å². The maximum absolute atomic E-state index is 6.76. The molecule has 0 aliphatic rings. The van der Waals surface area contributed by atoms with Crippen LogP contribution < -0.4 is 0 Å². The average Bonchev–Trinajstić information content (AvgIpc) is 3.92. The van der Waals surface area contributed by atoms with Crippen molar-refractivity contribution in [2.75, 3.05) is 0 Å². The third-order valence-corrected chi connectivity index (χ3v) is 10.1. The van der Waals surface area contributed by atoms with E-state index >= 15 is 0 Å². The number of furan rings is 2. The fourth-order valence-corrected chi connectivity index (χ4v) is 7.63. The summed E-state index contributed by atoms with van der Waals surface area (Å²) < 4.78 is 15.7. The van der Waals surface area contributed by atoms with E-state index in [1.54, 1.807) is 0 Å². The summed E-state index contributed by atoms with van der Waals surface area (Å²) in [4.78, 5) is 14.3. The lowest BCUT2D eigenvalue weighted by Crippen LogP contribution is -1.97. The van der Waals surface area contributed by atoms with Crippen molar-refractivity contribution in [1.29, 1.82) is 0 Å². The Morgan fingerprint density at radius 3 is 1.60 bits per heavy atom. The van der Waals surface area contributed by atoms with E-state index < -0.39 is 0 Å². The van der Waals surface area contributed by atoms with Crippen LogP contribution in [0.4, 0.5) is 0 Å². The molecule has 5 heterocycles. The molecule has 6 heteroatoms. The lowest BCUT2D eigenvalue weighted by Gasteiger charge is -2.11. The predicted octanol–water partition coefficient (Wildman–Crippen LogP) is 12.3. The molecule has 0 unspecified atom stereocenters. The number of aromatic nitrogens is 4. The Bertz CT molecular complexity index is 3010. The Morgan fingerprint density at radius 2 is 1.00 bits per heavy atom. The van der Waals surface area contributed by atoms with Crippen LogP contribution in [0, 0.1) is 0 Å². The lowest BCUT2D eigenvalue weighted by atomic mass is 9.97. The molecule has 0 fully saturated rings. The number of rotatable bonds is 5. The second-order valence-corrected chi connectivity index (χ2v) is 13.2. The van der Waals surface area contributed by atoms with Gasteiger partial charge in [0.1, 0.15) is 28.2 Å². The third-order valence-electron chi connectivity index (χ3n) is 10.1. The molecule has 0 atom stereocenters. The van der Waals surface area contributed by atoms with Crippen LogP contribution in [0.3, 0.4) is 0 Å². The van der Waals surface area contributed by atoms with Crippen LogP contribution in [0.25, 0.3) is 106 Å². The van der Waals surface area contributed by atoms with E-state index in [2.05, 4.69) is 99.5 Å². The molecule has 11 aromatic rings. The van der Waals surface area contributed by atoms with E-state index in [0.29, 0.717) is 0 Å². The molecule has 0 spiro atoms. The molecule has 6 aromatic carbocycles. The van der Waals surface area contributed by atoms with Crippen molar-refractivity contribution < 1.29 is 8.83 Å². The van der Waals surface area contributed by atoms with Crippen LogP contribution in [0.2, 0.25) is 0 Å². The zero-order valence-electron chi connectivity index (χ0n) is 28.3. The van der Waals surface area contributed by atoms with Gasteiger partial charge in [-0.1, -0.05) is 66.7 Å². The van der Waals surface area contributed by atoms with Crippen molar-refractivity contribution >= 4 is 54.9 Å². The van der Waals surface area contributed by atoms with Crippen molar-refractivity contribution in [2.24, 2.45) is 0 Å². The van der Waals surface area contributed by atoms with Crippen LogP contribution in [-0.2, 0) is 0 Å². The predicted molar refractivity (Wildman–Crippen MR) is 213 cm³/mol. The number of para-hydroxylation sites is 2. The SMILES string of the molecule is c1ccc(-c2nc3ccccc3n2-c2ccc(-c3c4oc5ccc(-c6ccccn6)cc5c4cc4c3oc3ccc(-c5ccccn5)cc34)cc2)cc1. The minimum absolute atomic E-state index is 0.778. The minimum Gasteiger partial charge on any atom is -0.455 e. The van der Waals surface area contributed by atoms with E-state index in [-0.39, 0.29) is 0 Å². The molecule has 0 saturated carbocycles. The van der Waals surface area contributed by atoms with Crippen molar-refractivity contribution in [3.8, 4) is 50.7 Å². The molecule has 0 amide bonds. The summed E-state index contributed by atoms with van der Waals surface area (Å²) in [5.74, 6) is 0.894. The van der Waals surface area contributed by atoms with Crippen LogP contribution in [-0.4, -0.2) is 19.5 Å². The number of imidazole rings is 1. The number of pyridine rings is 2. The minimum atomic E-state index is 0.778. The summed E-state index contributed by atoms with van der Waals surface area (Å²) in [5, 5.41) is 4.08. The fraction of sp³-hybridized carbons (Fsp3) is 0. The first-order valence-corrected chi connectivity index (χ1v) is 17.6. The molecule has 0 N–H and O–H groups in total. The molecule has 0 saturated heterocycles. The third kappa shape index (κ3) is 4.70. The molecule has 0 aliphatic heterocycles. The van der Waals surface area contributed by atoms with Gasteiger partial charge in [0.05, 0.1) is 28.0 Å². The van der Waals surface area contributed by atoms with Gasteiger partial charge in [-0.2, -0.15) is 0 Å². The lowest BCUT2D eigenvalue weighted by molar-refractivity contribution is 0.658. The quantitative estimate of drug-likeness (QED) is 0.181. The van der Waals surface area contributed by atoms with Crippen LogP contribution in [0.15, 0.2) is 179 Å². The summed E-state index contributed by atoms with van der Waals surface area (Å²) in [5.41, 5.74) is 13.0. The second kappa shape index (κ2) is 11.6. The van der Waals surface area contributed by atoms with Gasteiger partial charge in [-0.15, -0.1) is 0 Å². The first-order chi connectivity index (χ1) is 26.3. The zero-order valence-corrected chi connectivity index (χ0v) is 28.3. The monoisotopic (exact) mass is 680 g/mol. The molecular weight excluding hydrogens is 653 g/mol. The molecule has 53 heavy (non-hydrogen) atoms. The summed E-state index contributed by atoms with van der Waals surface area (Å²) in [6, 6.07) is 54.0. The second-order valence-electron chi connectivity index (χ2n) is 13.2. The molecule has 0 aliphatic carbocycles. The fourth-order valence-electron chi connectivity index (χ4n) is 7.63. The molecule has 11 rings (SSSR count). The highest BCUT2D eigenvalue weighted by Gasteiger charge is 2.23. The first kappa shape index (κ1) is 29.4. The van der Waals surface area contributed by atoms with Gasteiger partial charge >= 0.3 is 0 Å². The highest BCUT2D eigenvalue weighted by Crippen LogP contribution is 2.46. The highest BCUT2D eigenvalue weighted by atomic mass is 16.3. The van der Waals surface area contributed by atoms with Gasteiger partial charge in [-0.05, 0) is 96.6 Å². The Hall–Kier alpha value is -7.31. The number of hydrogen-bond donors (Lipinski definition) is 0. The Kier molecular flexibility index (Phi) is 6.45. The maximum Gasteiger partial charge on any atom is 0.147 e. The first-order valence-electron chi connectivity index (χ1n) is 17.6. The largest absolute Gasteiger partial charge is 0.455 e. The summed E-state index contributed by atoms with van der Waals surface area (Å²) in [7, 11) is 0. The van der Waals surface area contributed by atoms with E-state index in [9.17, 15) is 0 Å².